The van der Waals surface area contributed by atoms with Gasteiger partial charge < -0.3 is 19.7 Å². The number of hydrogen-bond donors (Lipinski definition) is 1. The minimum absolute atomic E-state index is 0.268. The molecular weight excluding hydrogens is 405 g/mol. The molecule has 8 heteroatoms. The van der Waals surface area contributed by atoms with E-state index in [9.17, 15) is 0 Å². The zero-order valence-electron chi connectivity index (χ0n) is 14.6. The Labute approximate surface area is 173 Å². The molecule has 0 saturated carbocycles. The summed E-state index contributed by atoms with van der Waals surface area (Å²) in [6.07, 6.45) is 0. The summed E-state index contributed by atoms with van der Waals surface area (Å²) in [4.78, 5) is 4.57. The van der Waals surface area contributed by atoms with Crippen molar-refractivity contribution in [1.82, 2.24) is 9.80 Å². The van der Waals surface area contributed by atoms with E-state index in [1.165, 1.54) is 5.56 Å². The highest BCUT2D eigenvalue weighted by molar-refractivity contribution is 7.80. The summed E-state index contributed by atoms with van der Waals surface area (Å²) in [5, 5.41) is 5.20. The second-order valence-electron chi connectivity index (χ2n) is 6.51. The third kappa shape index (κ3) is 4.41. The van der Waals surface area contributed by atoms with E-state index in [2.05, 4.69) is 15.1 Å². The van der Waals surface area contributed by atoms with Crippen LogP contribution in [0.5, 0.6) is 11.5 Å². The molecule has 2 heterocycles. The van der Waals surface area contributed by atoms with Gasteiger partial charge in [0.2, 0.25) is 6.79 Å². The monoisotopic (exact) mass is 423 g/mol. The molecule has 0 unspecified atom stereocenters. The SMILES string of the molecule is S=C(Nc1ccc2c(c1)OCO2)N1CCN(Cc2ccc(Cl)c(Cl)c2)CC1. The smallest absolute Gasteiger partial charge is 0.231 e. The molecule has 4 rings (SSSR count). The Kier molecular flexibility index (Phi) is 5.59. The van der Waals surface area contributed by atoms with Crippen molar-refractivity contribution in [3.8, 4) is 11.5 Å². The van der Waals surface area contributed by atoms with Crippen LogP contribution >= 0.6 is 35.4 Å². The molecule has 2 aromatic rings. The molecule has 2 aliphatic heterocycles. The van der Waals surface area contributed by atoms with E-state index in [4.69, 9.17) is 44.9 Å². The van der Waals surface area contributed by atoms with E-state index in [0.717, 1.165) is 55.0 Å². The predicted octanol–water partition coefficient (Wildman–Crippen LogP) is 4.24. The van der Waals surface area contributed by atoms with Gasteiger partial charge >= 0.3 is 0 Å². The lowest BCUT2D eigenvalue weighted by Gasteiger charge is -2.36. The first-order valence-corrected chi connectivity index (χ1v) is 9.87. The predicted molar refractivity (Wildman–Crippen MR) is 112 cm³/mol. The zero-order valence-corrected chi connectivity index (χ0v) is 16.9. The van der Waals surface area contributed by atoms with Gasteiger partial charge in [-0.1, -0.05) is 29.3 Å². The molecule has 2 aliphatic rings. The minimum Gasteiger partial charge on any atom is -0.454 e. The molecule has 1 N–H and O–H groups in total. The van der Waals surface area contributed by atoms with E-state index in [1.807, 2.05) is 36.4 Å². The van der Waals surface area contributed by atoms with Gasteiger partial charge in [-0.2, -0.15) is 0 Å². The first kappa shape index (κ1) is 18.6. The molecule has 0 spiro atoms. The second kappa shape index (κ2) is 8.10. The number of rotatable bonds is 3. The molecular formula is C19H19Cl2N3O2S. The van der Waals surface area contributed by atoms with Crippen molar-refractivity contribution < 1.29 is 9.47 Å². The van der Waals surface area contributed by atoms with Crippen molar-refractivity contribution in [2.75, 3.05) is 38.3 Å². The Morgan fingerprint density at radius 1 is 0.963 bits per heavy atom. The summed E-state index contributed by atoms with van der Waals surface area (Å²) >= 11 is 17.7. The quantitative estimate of drug-likeness (QED) is 0.744. The fourth-order valence-corrected chi connectivity index (χ4v) is 3.80. The second-order valence-corrected chi connectivity index (χ2v) is 7.71. The van der Waals surface area contributed by atoms with Crippen LogP contribution in [-0.4, -0.2) is 47.9 Å². The van der Waals surface area contributed by atoms with Crippen LogP contribution in [-0.2, 0) is 6.54 Å². The van der Waals surface area contributed by atoms with Crippen molar-refractivity contribution in [3.63, 3.8) is 0 Å². The first-order valence-electron chi connectivity index (χ1n) is 8.70. The van der Waals surface area contributed by atoms with Gasteiger partial charge in [0.15, 0.2) is 16.6 Å². The van der Waals surface area contributed by atoms with Gasteiger partial charge in [0.05, 0.1) is 10.0 Å². The summed E-state index contributed by atoms with van der Waals surface area (Å²) < 4.78 is 10.7. The third-order valence-electron chi connectivity index (χ3n) is 4.67. The molecule has 0 aliphatic carbocycles. The largest absolute Gasteiger partial charge is 0.454 e. The Hall–Kier alpha value is -1.73. The molecule has 142 valence electrons. The van der Waals surface area contributed by atoms with Crippen molar-refractivity contribution in [3.05, 3.63) is 52.0 Å². The fourth-order valence-electron chi connectivity index (χ4n) is 3.18. The molecule has 0 bridgehead atoms. The number of benzene rings is 2. The number of nitrogens with zero attached hydrogens (tertiary/aromatic N) is 2. The summed E-state index contributed by atoms with van der Waals surface area (Å²) in [5.41, 5.74) is 2.07. The molecule has 5 nitrogen and oxygen atoms in total. The van der Waals surface area contributed by atoms with Gasteiger partial charge in [0, 0.05) is 44.5 Å². The summed E-state index contributed by atoms with van der Waals surface area (Å²) in [6.45, 7) is 4.74. The van der Waals surface area contributed by atoms with Gasteiger partial charge in [-0.05, 0) is 42.0 Å². The van der Waals surface area contributed by atoms with Crippen LogP contribution < -0.4 is 14.8 Å². The van der Waals surface area contributed by atoms with Crippen LogP contribution in [0.25, 0.3) is 0 Å². The first-order chi connectivity index (χ1) is 13.1. The maximum atomic E-state index is 6.11. The Morgan fingerprint density at radius 3 is 2.52 bits per heavy atom. The van der Waals surface area contributed by atoms with E-state index >= 15 is 0 Å². The topological polar surface area (TPSA) is 37.0 Å². The van der Waals surface area contributed by atoms with E-state index in [0.29, 0.717) is 10.0 Å². The Balaban J connectivity index is 1.29. The van der Waals surface area contributed by atoms with E-state index in [1.54, 1.807) is 0 Å². The normalized spacial score (nSPS) is 16.4. The standard InChI is InChI=1S/C19H19Cl2N3O2S/c20-15-3-1-13(9-16(15)21)11-23-5-7-24(8-6-23)19(27)22-14-2-4-17-18(10-14)26-12-25-17/h1-4,9-10H,5-8,11-12H2,(H,22,27). The van der Waals surface area contributed by atoms with Crippen molar-refractivity contribution in [2.45, 2.75) is 6.54 Å². The number of nitrogens with one attached hydrogen (secondary N) is 1. The van der Waals surface area contributed by atoms with Crippen LogP contribution in [0, 0.1) is 0 Å². The molecule has 0 atom stereocenters. The van der Waals surface area contributed by atoms with Crippen LogP contribution in [0.4, 0.5) is 5.69 Å². The Bertz CT molecular complexity index is 857. The molecule has 2 aromatic carbocycles. The van der Waals surface area contributed by atoms with Gasteiger partial charge in [-0.3, -0.25) is 4.90 Å². The highest BCUT2D eigenvalue weighted by atomic mass is 35.5. The maximum absolute atomic E-state index is 6.11. The average molecular weight is 424 g/mol. The number of thiocarbonyl (C=S) groups is 1. The van der Waals surface area contributed by atoms with Crippen molar-refractivity contribution in [1.29, 1.82) is 0 Å². The zero-order chi connectivity index (χ0) is 18.8. The minimum atomic E-state index is 0.268. The molecule has 0 amide bonds. The van der Waals surface area contributed by atoms with Crippen LogP contribution in [0.1, 0.15) is 5.56 Å². The van der Waals surface area contributed by atoms with Crippen LogP contribution in [0.2, 0.25) is 10.0 Å². The van der Waals surface area contributed by atoms with Gasteiger partial charge in [-0.15, -0.1) is 0 Å². The number of anilines is 1. The number of fused-ring (bicyclic) bond motifs is 1. The molecule has 0 aromatic heterocycles. The highest BCUT2D eigenvalue weighted by Gasteiger charge is 2.20. The van der Waals surface area contributed by atoms with Crippen molar-refractivity contribution >= 4 is 46.2 Å². The van der Waals surface area contributed by atoms with Crippen molar-refractivity contribution in [2.24, 2.45) is 0 Å². The Morgan fingerprint density at radius 2 is 1.74 bits per heavy atom. The van der Waals surface area contributed by atoms with Gasteiger partial charge in [0.1, 0.15) is 0 Å². The van der Waals surface area contributed by atoms with Crippen LogP contribution in [0.15, 0.2) is 36.4 Å². The number of ether oxygens (including phenoxy) is 2. The molecule has 27 heavy (non-hydrogen) atoms. The van der Waals surface area contributed by atoms with Gasteiger partial charge in [-0.25, -0.2) is 0 Å². The molecule has 1 fully saturated rings. The molecule has 0 radical (unpaired) electrons. The number of hydrogen-bond acceptors (Lipinski definition) is 4. The lowest BCUT2D eigenvalue weighted by molar-refractivity contribution is 0.174. The number of halogens is 2. The summed E-state index contributed by atoms with van der Waals surface area (Å²) in [6, 6.07) is 11.5. The maximum Gasteiger partial charge on any atom is 0.231 e. The summed E-state index contributed by atoms with van der Waals surface area (Å²) in [5.74, 6) is 1.51. The van der Waals surface area contributed by atoms with Crippen LogP contribution in [0.3, 0.4) is 0 Å². The highest BCUT2D eigenvalue weighted by Crippen LogP contribution is 2.34. The lowest BCUT2D eigenvalue weighted by atomic mass is 10.2. The van der Waals surface area contributed by atoms with E-state index < -0.39 is 0 Å². The number of piperazine rings is 1. The third-order valence-corrected chi connectivity index (χ3v) is 5.77. The summed E-state index contributed by atoms with van der Waals surface area (Å²) in [7, 11) is 0. The molecule has 1 saturated heterocycles. The fraction of sp³-hybridized carbons (Fsp3) is 0.316. The average Bonchev–Trinajstić information content (AvgIpc) is 3.13. The van der Waals surface area contributed by atoms with E-state index in [-0.39, 0.29) is 6.79 Å². The lowest BCUT2D eigenvalue weighted by Crippen LogP contribution is -2.49. The van der Waals surface area contributed by atoms with Gasteiger partial charge in [0.25, 0.3) is 0 Å².